The summed E-state index contributed by atoms with van der Waals surface area (Å²) in [5.41, 5.74) is 1.95. The number of benzene rings is 2. The van der Waals surface area contributed by atoms with Gasteiger partial charge in [-0.15, -0.1) is 11.3 Å². The van der Waals surface area contributed by atoms with E-state index < -0.39 is 11.9 Å². The van der Waals surface area contributed by atoms with Crippen LogP contribution >= 0.6 is 34.7 Å². The standard InChI is InChI=1S/C25H20ClN5O3S2/c26-15-5-3-6-16(11-15)28-22(33)14-36-25-29-19-9-2-1-8-18(19)23-30-24(34)20(31(23)25)12-21(32)27-13-17-7-4-10-35-17/h1-11,20H,12-14H2,(H,27,32)(H,28,33). The zero-order valence-electron chi connectivity index (χ0n) is 18.8. The highest BCUT2D eigenvalue weighted by Crippen LogP contribution is 2.35. The van der Waals surface area contributed by atoms with Crippen LogP contribution in [0, 0.1) is 0 Å². The molecule has 0 spiro atoms. The van der Waals surface area contributed by atoms with Crippen molar-refractivity contribution in [1.82, 2.24) is 10.2 Å². The Morgan fingerprint density at radius 2 is 1.92 bits per heavy atom. The van der Waals surface area contributed by atoms with E-state index in [0.717, 1.165) is 4.88 Å². The van der Waals surface area contributed by atoms with E-state index in [1.165, 1.54) is 11.8 Å². The molecule has 1 atom stereocenters. The first-order valence-electron chi connectivity index (χ1n) is 11.0. The first-order valence-corrected chi connectivity index (χ1v) is 13.3. The molecular weight excluding hydrogens is 518 g/mol. The first kappa shape index (κ1) is 24.2. The van der Waals surface area contributed by atoms with Crippen LogP contribution in [-0.2, 0) is 20.9 Å². The molecule has 3 heterocycles. The van der Waals surface area contributed by atoms with Crippen molar-refractivity contribution in [1.29, 1.82) is 0 Å². The maximum absolute atomic E-state index is 12.9. The molecule has 2 aliphatic heterocycles. The largest absolute Gasteiger partial charge is 0.351 e. The lowest BCUT2D eigenvalue weighted by Gasteiger charge is -2.30. The van der Waals surface area contributed by atoms with Crippen molar-refractivity contribution in [3.63, 3.8) is 0 Å². The summed E-state index contributed by atoms with van der Waals surface area (Å²) >= 11 is 8.73. The third-order valence-corrected chi connectivity index (χ3v) is 7.53. The van der Waals surface area contributed by atoms with Gasteiger partial charge in [0.15, 0.2) is 5.17 Å². The van der Waals surface area contributed by atoms with Gasteiger partial charge in [0, 0.05) is 21.2 Å². The molecule has 0 aliphatic carbocycles. The van der Waals surface area contributed by atoms with Crippen LogP contribution in [0.5, 0.6) is 0 Å². The molecule has 0 radical (unpaired) electrons. The predicted octanol–water partition coefficient (Wildman–Crippen LogP) is 4.44. The summed E-state index contributed by atoms with van der Waals surface area (Å²) in [5, 5.41) is 8.57. The van der Waals surface area contributed by atoms with E-state index in [-0.39, 0.29) is 24.0 Å². The van der Waals surface area contributed by atoms with E-state index in [4.69, 9.17) is 16.6 Å². The summed E-state index contributed by atoms with van der Waals surface area (Å²) < 4.78 is 0. The van der Waals surface area contributed by atoms with Crippen molar-refractivity contribution in [2.45, 2.75) is 19.0 Å². The maximum atomic E-state index is 12.9. The number of para-hydroxylation sites is 1. The minimum atomic E-state index is -0.834. The molecular formula is C25H20ClN5O3S2. The summed E-state index contributed by atoms with van der Waals surface area (Å²) in [6, 6.07) is 17.3. The number of amidine groups is 2. The summed E-state index contributed by atoms with van der Waals surface area (Å²) in [6.07, 6.45) is -0.0757. The number of hydrogen-bond acceptors (Lipinski definition) is 7. The van der Waals surface area contributed by atoms with Crippen molar-refractivity contribution in [3.8, 4) is 0 Å². The number of carbonyl (C=O) groups is 3. The molecule has 0 bridgehead atoms. The molecule has 2 aliphatic rings. The van der Waals surface area contributed by atoms with E-state index >= 15 is 0 Å². The molecule has 1 unspecified atom stereocenters. The monoisotopic (exact) mass is 537 g/mol. The lowest BCUT2D eigenvalue weighted by molar-refractivity contribution is -0.126. The van der Waals surface area contributed by atoms with Gasteiger partial charge >= 0.3 is 0 Å². The maximum Gasteiger partial charge on any atom is 0.271 e. The van der Waals surface area contributed by atoms with E-state index in [9.17, 15) is 14.4 Å². The highest BCUT2D eigenvalue weighted by molar-refractivity contribution is 8.14. The molecule has 182 valence electrons. The van der Waals surface area contributed by atoms with Crippen molar-refractivity contribution >= 4 is 74.8 Å². The number of hydrogen-bond donors (Lipinski definition) is 2. The fraction of sp³-hybridized carbons (Fsp3) is 0.160. The Hall–Kier alpha value is -3.47. The lowest BCUT2D eigenvalue weighted by atomic mass is 10.1. The smallest absolute Gasteiger partial charge is 0.271 e. The number of amides is 3. The average molecular weight is 538 g/mol. The summed E-state index contributed by atoms with van der Waals surface area (Å²) in [6.45, 7) is 0.396. The number of nitrogens with zero attached hydrogens (tertiary/aromatic N) is 3. The van der Waals surface area contributed by atoms with Gasteiger partial charge in [-0.25, -0.2) is 4.99 Å². The molecule has 0 saturated carbocycles. The normalized spacial score (nSPS) is 16.1. The van der Waals surface area contributed by atoms with Crippen LogP contribution in [0.15, 0.2) is 76.0 Å². The van der Waals surface area contributed by atoms with Gasteiger partial charge in [0.1, 0.15) is 11.9 Å². The van der Waals surface area contributed by atoms with Crippen LogP contribution in [-0.4, -0.2) is 45.4 Å². The fourth-order valence-electron chi connectivity index (χ4n) is 3.84. The van der Waals surface area contributed by atoms with E-state index in [1.807, 2.05) is 41.8 Å². The van der Waals surface area contributed by atoms with Crippen molar-refractivity contribution in [2.24, 2.45) is 9.98 Å². The highest BCUT2D eigenvalue weighted by Gasteiger charge is 2.42. The van der Waals surface area contributed by atoms with Gasteiger partial charge < -0.3 is 10.6 Å². The molecule has 2 N–H and O–H groups in total. The Labute approximate surface area is 220 Å². The summed E-state index contributed by atoms with van der Waals surface area (Å²) in [4.78, 5) is 49.9. The van der Waals surface area contributed by atoms with Gasteiger partial charge in [-0.2, -0.15) is 4.99 Å². The Balaban J connectivity index is 1.32. The highest BCUT2D eigenvalue weighted by atomic mass is 35.5. The van der Waals surface area contributed by atoms with E-state index in [2.05, 4.69) is 15.6 Å². The second kappa shape index (κ2) is 10.7. The van der Waals surface area contributed by atoms with Crippen molar-refractivity contribution < 1.29 is 14.4 Å². The molecule has 3 aromatic rings. The second-order valence-corrected chi connectivity index (χ2v) is 10.4. The second-order valence-electron chi connectivity index (χ2n) is 7.98. The molecule has 0 fully saturated rings. The molecule has 11 heteroatoms. The number of fused-ring (bicyclic) bond motifs is 3. The third-order valence-electron chi connectivity index (χ3n) is 5.47. The topological polar surface area (TPSA) is 103 Å². The SMILES string of the molecule is O=C(CC1C(=O)N=C2c3ccccc3N=C(SCC(=O)Nc3cccc(Cl)c3)N21)NCc1cccs1. The van der Waals surface area contributed by atoms with Crippen LogP contribution in [0.3, 0.4) is 0 Å². The fourth-order valence-corrected chi connectivity index (χ4v) is 5.53. The summed E-state index contributed by atoms with van der Waals surface area (Å²) in [5.74, 6) is -0.440. The minimum Gasteiger partial charge on any atom is -0.351 e. The van der Waals surface area contributed by atoms with Crippen LogP contribution in [0.1, 0.15) is 16.9 Å². The number of halogens is 1. The van der Waals surface area contributed by atoms with Gasteiger partial charge in [0.2, 0.25) is 11.8 Å². The van der Waals surface area contributed by atoms with Crippen LogP contribution in [0.2, 0.25) is 5.02 Å². The number of carbonyl (C=O) groups excluding carboxylic acids is 3. The Morgan fingerprint density at radius 1 is 1.06 bits per heavy atom. The summed E-state index contributed by atoms with van der Waals surface area (Å²) in [7, 11) is 0. The number of nitrogens with one attached hydrogen (secondary N) is 2. The molecule has 8 nitrogen and oxygen atoms in total. The van der Waals surface area contributed by atoms with Crippen LogP contribution in [0.4, 0.5) is 11.4 Å². The number of thioether (sulfide) groups is 1. The van der Waals surface area contributed by atoms with Gasteiger partial charge in [-0.1, -0.05) is 47.6 Å². The van der Waals surface area contributed by atoms with Gasteiger partial charge in [0.05, 0.1) is 24.4 Å². The Kier molecular flexibility index (Phi) is 7.17. The van der Waals surface area contributed by atoms with Gasteiger partial charge in [-0.3, -0.25) is 19.3 Å². The molecule has 36 heavy (non-hydrogen) atoms. The molecule has 2 aromatic carbocycles. The minimum absolute atomic E-state index is 0.0444. The van der Waals surface area contributed by atoms with E-state index in [0.29, 0.717) is 39.5 Å². The quantitative estimate of drug-likeness (QED) is 0.464. The number of rotatable bonds is 7. The average Bonchev–Trinajstić information content (AvgIpc) is 3.50. The lowest BCUT2D eigenvalue weighted by Crippen LogP contribution is -2.46. The predicted molar refractivity (Wildman–Crippen MR) is 144 cm³/mol. The molecule has 5 rings (SSSR count). The Morgan fingerprint density at radius 3 is 2.72 bits per heavy atom. The first-order chi connectivity index (χ1) is 17.5. The third kappa shape index (κ3) is 5.35. The molecule has 3 amide bonds. The zero-order chi connectivity index (χ0) is 25.1. The van der Waals surface area contributed by atoms with Gasteiger partial charge in [0.25, 0.3) is 5.91 Å². The number of thiophene rings is 1. The Bertz CT molecular complexity index is 1390. The van der Waals surface area contributed by atoms with Crippen molar-refractivity contribution in [2.75, 3.05) is 11.1 Å². The molecule has 1 aromatic heterocycles. The van der Waals surface area contributed by atoms with Crippen molar-refractivity contribution in [3.05, 3.63) is 81.5 Å². The van der Waals surface area contributed by atoms with Crippen LogP contribution < -0.4 is 10.6 Å². The number of anilines is 1. The number of aliphatic imine (C=N–C) groups is 2. The zero-order valence-corrected chi connectivity index (χ0v) is 21.2. The van der Waals surface area contributed by atoms with E-state index in [1.54, 1.807) is 40.5 Å². The van der Waals surface area contributed by atoms with Gasteiger partial charge in [-0.05, 0) is 41.8 Å². The van der Waals surface area contributed by atoms with Crippen LogP contribution in [0.25, 0.3) is 0 Å². The molecule has 0 saturated heterocycles.